The highest BCUT2D eigenvalue weighted by Gasteiger charge is 2.71. The Morgan fingerprint density at radius 2 is 2.06 bits per heavy atom. The zero-order chi connectivity index (χ0) is 12.4. The SMILES string of the molecule is CC1(C)[C@@H]2CCC3[C@H]1[C@H](C2)[C@]3(CN)CC(=O)O. The summed E-state index contributed by atoms with van der Waals surface area (Å²) in [5, 5.41) is 9.17. The lowest BCUT2D eigenvalue weighted by Crippen LogP contribution is -2.62. The van der Waals surface area contributed by atoms with Gasteiger partial charge < -0.3 is 10.8 Å². The highest BCUT2D eigenvalue weighted by molar-refractivity contribution is 5.68. The summed E-state index contributed by atoms with van der Waals surface area (Å²) in [5.74, 6) is 2.03. The second-order valence-corrected chi connectivity index (χ2v) is 7.08. The summed E-state index contributed by atoms with van der Waals surface area (Å²) < 4.78 is 0. The van der Waals surface area contributed by atoms with Crippen LogP contribution in [-0.4, -0.2) is 17.6 Å². The van der Waals surface area contributed by atoms with E-state index in [0.717, 1.165) is 11.8 Å². The zero-order valence-corrected chi connectivity index (χ0v) is 10.8. The number of hydrogen-bond acceptors (Lipinski definition) is 2. The second kappa shape index (κ2) is 3.25. The highest BCUT2D eigenvalue weighted by atomic mass is 16.4. The van der Waals surface area contributed by atoms with Crippen molar-refractivity contribution in [1.29, 1.82) is 0 Å². The molecule has 1 unspecified atom stereocenters. The normalized spacial score (nSPS) is 49.8. The fourth-order valence-electron chi connectivity index (χ4n) is 5.71. The van der Waals surface area contributed by atoms with E-state index in [1.807, 2.05) is 0 Å². The average molecular weight is 237 g/mol. The van der Waals surface area contributed by atoms with Crippen molar-refractivity contribution >= 4 is 5.97 Å². The number of carboxylic acid groups (broad SMARTS) is 1. The molecule has 0 saturated heterocycles. The molecule has 3 N–H and O–H groups in total. The van der Waals surface area contributed by atoms with Crippen molar-refractivity contribution in [2.75, 3.05) is 6.54 Å². The first-order valence-electron chi connectivity index (χ1n) is 6.85. The molecular weight excluding hydrogens is 214 g/mol. The van der Waals surface area contributed by atoms with E-state index in [2.05, 4.69) is 13.8 Å². The van der Waals surface area contributed by atoms with Crippen molar-refractivity contribution in [3.05, 3.63) is 0 Å². The van der Waals surface area contributed by atoms with Crippen LogP contribution in [-0.2, 0) is 4.79 Å². The lowest BCUT2D eigenvalue weighted by atomic mass is 9.41. The molecule has 5 atom stereocenters. The first kappa shape index (κ1) is 11.5. The van der Waals surface area contributed by atoms with E-state index in [1.165, 1.54) is 19.3 Å². The van der Waals surface area contributed by atoms with E-state index in [1.54, 1.807) is 0 Å². The Morgan fingerprint density at radius 3 is 2.65 bits per heavy atom. The first-order valence-corrected chi connectivity index (χ1v) is 6.85. The van der Waals surface area contributed by atoms with Crippen molar-refractivity contribution in [1.82, 2.24) is 0 Å². The Kier molecular flexibility index (Phi) is 2.20. The van der Waals surface area contributed by atoms with E-state index in [-0.39, 0.29) is 11.8 Å². The molecule has 0 aromatic heterocycles. The summed E-state index contributed by atoms with van der Waals surface area (Å²) in [7, 11) is 0. The van der Waals surface area contributed by atoms with E-state index in [0.29, 0.717) is 23.8 Å². The van der Waals surface area contributed by atoms with Crippen LogP contribution in [0.5, 0.6) is 0 Å². The summed E-state index contributed by atoms with van der Waals surface area (Å²) in [4.78, 5) is 11.1. The summed E-state index contributed by atoms with van der Waals surface area (Å²) in [5.41, 5.74) is 6.33. The van der Waals surface area contributed by atoms with Crippen molar-refractivity contribution < 1.29 is 9.90 Å². The first-order chi connectivity index (χ1) is 7.93. The van der Waals surface area contributed by atoms with Gasteiger partial charge in [-0.25, -0.2) is 0 Å². The molecule has 0 spiro atoms. The molecule has 0 aromatic carbocycles. The van der Waals surface area contributed by atoms with Crippen molar-refractivity contribution in [3.63, 3.8) is 0 Å². The molecule has 0 heterocycles. The van der Waals surface area contributed by atoms with Crippen LogP contribution in [0.25, 0.3) is 0 Å². The van der Waals surface area contributed by atoms with Gasteiger partial charge in [0.15, 0.2) is 0 Å². The van der Waals surface area contributed by atoms with Crippen LogP contribution in [0.15, 0.2) is 0 Å². The summed E-state index contributed by atoms with van der Waals surface area (Å²) >= 11 is 0. The van der Waals surface area contributed by atoms with E-state index in [9.17, 15) is 4.79 Å². The van der Waals surface area contributed by atoms with Crippen molar-refractivity contribution in [2.45, 2.75) is 39.5 Å². The largest absolute Gasteiger partial charge is 0.481 e. The Labute approximate surface area is 103 Å². The molecule has 3 nitrogen and oxygen atoms in total. The van der Waals surface area contributed by atoms with Crippen LogP contribution >= 0.6 is 0 Å². The average Bonchev–Trinajstić information content (AvgIpc) is 2.46. The molecule has 96 valence electrons. The summed E-state index contributed by atoms with van der Waals surface area (Å²) in [6, 6.07) is 0. The Morgan fingerprint density at radius 1 is 1.35 bits per heavy atom. The second-order valence-electron chi connectivity index (χ2n) is 7.08. The minimum atomic E-state index is -0.665. The molecule has 3 saturated carbocycles. The monoisotopic (exact) mass is 237 g/mol. The molecule has 3 aliphatic rings. The molecule has 3 rings (SSSR count). The fraction of sp³-hybridized carbons (Fsp3) is 0.929. The number of fused-ring (bicyclic) bond motifs is 1. The quantitative estimate of drug-likeness (QED) is 0.790. The summed E-state index contributed by atoms with van der Waals surface area (Å²) in [6.07, 6.45) is 4.00. The van der Waals surface area contributed by atoms with Gasteiger partial charge in [0.25, 0.3) is 0 Å². The van der Waals surface area contributed by atoms with Crippen LogP contribution in [0.3, 0.4) is 0 Å². The van der Waals surface area contributed by atoms with Gasteiger partial charge in [-0.15, -0.1) is 0 Å². The van der Waals surface area contributed by atoms with Crippen LogP contribution < -0.4 is 5.73 Å². The third-order valence-electron chi connectivity index (χ3n) is 6.48. The smallest absolute Gasteiger partial charge is 0.303 e. The minimum absolute atomic E-state index is 0.0704. The van der Waals surface area contributed by atoms with Gasteiger partial charge in [-0.1, -0.05) is 13.8 Å². The molecule has 2 bridgehead atoms. The Bertz CT molecular complexity index is 357. The fourth-order valence-corrected chi connectivity index (χ4v) is 5.71. The number of carbonyl (C=O) groups is 1. The topological polar surface area (TPSA) is 63.3 Å². The van der Waals surface area contributed by atoms with Gasteiger partial charge in [0, 0.05) is 0 Å². The van der Waals surface area contributed by atoms with Crippen LogP contribution in [0.4, 0.5) is 0 Å². The third-order valence-corrected chi connectivity index (χ3v) is 6.48. The number of nitrogens with two attached hydrogens (primary N) is 1. The number of carboxylic acids is 1. The molecule has 0 radical (unpaired) electrons. The molecule has 0 amide bonds. The summed E-state index contributed by atoms with van der Waals surface area (Å²) in [6.45, 7) is 5.33. The number of hydrogen-bond donors (Lipinski definition) is 2. The lowest BCUT2D eigenvalue weighted by molar-refractivity contribution is -0.172. The lowest BCUT2D eigenvalue weighted by Gasteiger charge is -2.63. The van der Waals surface area contributed by atoms with Gasteiger partial charge in [-0.05, 0) is 60.3 Å². The van der Waals surface area contributed by atoms with Gasteiger partial charge in [-0.2, -0.15) is 0 Å². The maximum Gasteiger partial charge on any atom is 0.303 e. The van der Waals surface area contributed by atoms with Gasteiger partial charge in [0.05, 0.1) is 6.42 Å². The van der Waals surface area contributed by atoms with Gasteiger partial charge in [0.1, 0.15) is 0 Å². The van der Waals surface area contributed by atoms with Crippen LogP contribution in [0, 0.1) is 34.5 Å². The highest BCUT2D eigenvalue weighted by Crippen LogP contribution is 2.76. The van der Waals surface area contributed by atoms with Gasteiger partial charge in [-0.3, -0.25) is 4.79 Å². The van der Waals surface area contributed by atoms with Crippen molar-refractivity contribution in [3.8, 4) is 0 Å². The van der Waals surface area contributed by atoms with E-state index >= 15 is 0 Å². The van der Waals surface area contributed by atoms with Gasteiger partial charge >= 0.3 is 5.97 Å². The molecule has 3 fully saturated rings. The maximum atomic E-state index is 11.1. The molecular formula is C14H23NO2. The zero-order valence-electron chi connectivity index (χ0n) is 10.8. The minimum Gasteiger partial charge on any atom is -0.481 e. The Hall–Kier alpha value is -0.570. The Balaban J connectivity index is 1.94. The molecule has 17 heavy (non-hydrogen) atoms. The van der Waals surface area contributed by atoms with Crippen molar-refractivity contribution in [2.24, 2.45) is 40.2 Å². The predicted molar refractivity (Wildman–Crippen MR) is 65.3 cm³/mol. The molecule has 3 heteroatoms. The molecule has 0 aliphatic heterocycles. The number of rotatable bonds is 3. The molecule has 0 aromatic rings. The van der Waals surface area contributed by atoms with Crippen LogP contribution in [0.1, 0.15) is 39.5 Å². The third kappa shape index (κ3) is 1.19. The number of aliphatic carboxylic acids is 1. The van der Waals surface area contributed by atoms with E-state index < -0.39 is 5.97 Å². The molecule has 3 aliphatic carbocycles. The maximum absolute atomic E-state index is 11.1. The predicted octanol–water partition coefficient (Wildman–Crippen LogP) is 2.11. The van der Waals surface area contributed by atoms with E-state index in [4.69, 9.17) is 10.8 Å². The van der Waals surface area contributed by atoms with Crippen LogP contribution in [0.2, 0.25) is 0 Å². The van der Waals surface area contributed by atoms with Gasteiger partial charge in [0.2, 0.25) is 0 Å². The standard InChI is InChI=1S/C14H23NO2/c1-13(2)8-3-4-9-12(13)10(5-8)14(9,7-15)6-11(16)17/h8-10,12H,3-7,15H2,1-2H3,(H,16,17)/t8-,9?,10+,12+,14+/m1/s1.